The summed E-state index contributed by atoms with van der Waals surface area (Å²) in [6.45, 7) is 3.19. The summed E-state index contributed by atoms with van der Waals surface area (Å²) in [5.41, 5.74) is 3.13. The summed E-state index contributed by atoms with van der Waals surface area (Å²) < 4.78 is 11.0. The molecule has 0 spiro atoms. The molecule has 0 unspecified atom stereocenters. The van der Waals surface area contributed by atoms with E-state index in [2.05, 4.69) is 5.32 Å². The molecule has 0 aliphatic carbocycles. The third-order valence-corrected chi connectivity index (χ3v) is 9.04. The summed E-state index contributed by atoms with van der Waals surface area (Å²) >= 11 is 12.7. The highest BCUT2D eigenvalue weighted by molar-refractivity contribution is 6.19. The Morgan fingerprint density at radius 2 is 1.07 bits per heavy atom. The van der Waals surface area contributed by atoms with Crippen LogP contribution in [0.5, 0.6) is 11.5 Å². The number of halogens is 2. The number of anilines is 2. The van der Waals surface area contributed by atoms with E-state index in [1.807, 2.05) is 48.5 Å². The lowest BCUT2D eigenvalue weighted by molar-refractivity contribution is -0.132. The highest BCUT2D eigenvalue weighted by Crippen LogP contribution is 2.47. The second kappa shape index (κ2) is 12.7. The van der Waals surface area contributed by atoms with Crippen molar-refractivity contribution in [1.82, 2.24) is 5.32 Å². The molecular formula is C34H31Cl2N3O6. The topological polar surface area (TPSA) is 105 Å². The van der Waals surface area contributed by atoms with E-state index in [0.717, 1.165) is 32.7 Å². The molecule has 4 aromatic carbocycles. The fraction of sp³-hybridized carbons (Fsp3) is 0.294. The summed E-state index contributed by atoms with van der Waals surface area (Å²) in [6, 6.07) is 18.6. The third-order valence-electron chi connectivity index (χ3n) is 8.29. The third kappa shape index (κ3) is 5.72. The summed E-state index contributed by atoms with van der Waals surface area (Å²) in [5, 5.41) is 6.30. The Hall–Kier alpha value is -4.18. The summed E-state index contributed by atoms with van der Waals surface area (Å²) in [5.74, 6) is -0.286. The second-order valence-electron chi connectivity index (χ2n) is 11.2. The zero-order valence-electron chi connectivity index (χ0n) is 24.8. The molecular weight excluding hydrogens is 617 g/mol. The number of nitrogens with zero attached hydrogens (tertiary/aromatic N) is 2. The predicted molar refractivity (Wildman–Crippen MR) is 175 cm³/mol. The van der Waals surface area contributed by atoms with Gasteiger partial charge in [0, 0.05) is 73.4 Å². The standard InChI is InChI=1S/C34H31Cl2N3O6/c1-19(40)44-29-11-27-33(25-9-5-3-7-23(25)29)21(13-35)17-38(27)31(42)15-37-16-32(43)39-18-22(14-36)34-26-10-6-4-8-24(26)30(12-28(34)39)45-20(2)41/h3-12,21-22,37H,13-18H2,1-2H3/t21-,22-/m1/s1. The minimum absolute atomic E-state index is 0.105. The van der Waals surface area contributed by atoms with Gasteiger partial charge >= 0.3 is 11.9 Å². The molecule has 0 bridgehead atoms. The lowest BCUT2D eigenvalue weighted by atomic mass is 9.95. The fourth-order valence-electron chi connectivity index (χ4n) is 6.50. The number of esters is 2. The van der Waals surface area contributed by atoms with Crippen LogP contribution in [0, 0.1) is 0 Å². The van der Waals surface area contributed by atoms with E-state index < -0.39 is 11.9 Å². The van der Waals surface area contributed by atoms with E-state index in [1.165, 1.54) is 13.8 Å². The maximum Gasteiger partial charge on any atom is 0.308 e. The van der Waals surface area contributed by atoms with Gasteiger partial charge in [-0.25, -0.2) is 0 Å². The van der Waals surface area contributed by atoms with E-state index >= 15 is 0 Å². The molecule has 0 radical (unpaired) electrons. The van der Waals surface area contributed by atoms with E-state index in [0.29, 0.717) is 47.7 Å². The Bertz CT molecular complexity index is 1730. The Morgan fingerprint density at radius 3 is 1.42 bits per heavy atom. The number of fused-ring (bicyclic) bond motifs is 6. The Morgan fingerprint density at radius 1 is 0.689 bits per heavy atom. The average molecular weight is 649 g/mol. The zero-order valence-corrected chi connectivity index (χ0v) is 26.3. The number of hydrogen-bond acceptors (Lipinski definition) is 7. The fourth-order valence-corrected chi connectivity index (χ4v) is 7.00. The van der Waals surface area contributed by atoms with E-state index in [-0.39, 0.29) is 36.7 Å². The molecule has 0 aromatic heterocycles. The molecule has 0 saturated heterocycles. The van der Waals surface area contributed by atoms with Crippen molar-refractivity contribution in [2.24, 2.45) is 0 Å². The SMILES string of the molecule is CC(=O)Oc1cc2c(c3ccccc13)[C@H](CCl)CN2C(=O)CNCC(=O)N1C[C@@H](CCl)c2c1cc(OC(C)=O)c1ccccc21. The molecule has 4 aromatic rings. The van der Waals surface area contributed by atoms with Gasteiger partial charge in [-0.2, -0.15) is 0 Å². The van der Waals surface area contributed by atoms with Crippen molar-refractivity contribution in [3.63, 3.8) is 0 Å². The Balaban J connectivity index is 1.22. The van der Waals surface area contributed by atoms with Gasteiger partial charge in [0.05, 0.1) is 24.5 Å². The van der Waals surface area contributed by atoms with Gasteiger partial charge in [-0.15, -0.1) is 23.2 Å². The zero-order chi connectivity index (χ0) is 31.8. The molecule has 232 valence electrons. The number of carbonyl (C=O) groups is 4. The van der Waals surface area contributed by atoms with Crippen LogP contribution in [0.25, 0.3) is 21.5 Å². The van der Waals surface area contributed by atoms with Crippen molar-refractivity contribution in [3.05, 3.63) is 71.8 Å². The van der Waals surface area contributed by atoms with Crippen LogP contribution in [0.2, 0.25) is 0 Å². The van der Waals surface area contributed by atoms with Gasteiger partial charge in [-0.3, -0.25) is 24.5 Å². The van der Waals surface area contributed by atoms with Gasteiger partial charge < -0.3 is 19.3 Å². The molecule has 9 nitrogen and oxygen atoms in total. The van der Waals surface area contributed by atoms with Crippen LogP contribution in [0.4, 0.5) is 11.4 Å². The van der Waals surface area contributed by atoms with Gasteiger partial charge in [0.2, 0.25) is 11.8 Å². The summed E-state index contributed by atoms with van der Waals surface area (Å²) in [4.78, 5) is 54.1. The van der Waals surface area contributed by atoms with Crippen LogP contribution in [-0.2, 0) is 19.2 Å². The first-order valence-corrected chi connectivity index (χ1v) is 15.7. The van der Waals surface area contributed by atoms with Crippen molar-refractivity contribution in [2.45, 2.75) is 25.7 Å². The van der Waals surface area contributed by atoms with E-state index in [1.54, 1.807) is 21.9 Å². The second-order valence-corrected chi connectivity index (χ2v) is 11.8. The quantitative estimate of drug-likeness (QED) is 0.154. The van der Waals surface area contributed by atoms with Crippen molar-refractivity contribution in [2.75, 3.05) is 47.7 Å². The number of alkyl halides is 2. The number of rotatable bonds is 8. The number of carbonyl (C=O) groups excluding carboxylic acids is 4. The number of amides is 2. The minimum Gasteiger partial charge on any atom is -0.426 e. The summed E-state index contributed by atoms with van der Waals surface area (Å²) in [6.07, 6.45) is 0. The molecule has 0 fully saturated rings. The molecule has 1 N–H and O–H groups in total. The number of hydrogen-bond donors (Lipinski definition) is 1. The van der Waals surface area contributed by atoms with E-state index in [9.17, 15) is 19.2 Å². The molecule has 2 atom stereocenters. The number of benzene rings is 4. The molecule has 45 heavy (non-hydrogen) atoms. The van der Waals surface area contributed by atoms with Crippen LogP contribution >= 0.6 is 23.2 Å². The largest absolute Gasteiger partial charge is 0.426 e. The highest BCUT2D eigenvalue weighted by Gasteiger charge is 2.36. The maximum atomic E-state index is 13.6. The van der Waals surface area contributed by atoms with E-state index in [4.69, 9.17) is 32.7 Å². The first-order chi connectivity index (χ1) is 21.7. The number of ether oxygens (including phenoxy) is 2. The number of nitrogens with one attached hydrogen (secondary N) is 1. The molecule has 2 amide bonds. The predicted octanol–water partition coefficient (Wildman–Crippen LogP) is 5.47. The van der Waals surface area contributed by atoms with Gasteiger partial charge in [0.15, 0.2) is 0 Å². The summed E-state index contributed by atoms with van der Waals surface area (Å²) in [7, 11) is 0. The van der Waals surface area contributed by atoms with Crippen molar-refractivity contribution >= 4 is 79.9 Å². The molecule has 2 heterocycles. The molecule has 2 aliphatic heterocycles. The maximum absolute atomic E-state index is 13.6. The van der Waals surface area contributed by atoms with Gasteiger partial charge in [-0.1, -0.05) is 48.5 Å². The average Bonchev–Trinajstić information content (AvgIpc) is 3.59. The lowest BCUT2D eigenvalue weighted by Gasteiger charge is -2.21. The normalized spacial score (nSPS) is 17.0. The Labute approximate surface area is 269 Å². The van der Waals surface area contributed by atoms with Crippen molar-refractivity contribution in [1.29, 1.82) is 0 Å². The van der Waals surface area contributed by atoms with Crippen LogP contribution in [0.3, 0.4) is 0 Å². The molecule has 6 rings (SSSR count). The minimum atomic E-state index is -0.460. The van der Waals surface area contributed by atoms with Crippen molar-refractivity contribution < 1.29 is 28.7 Å². The van der Waals surface area contributed by atoms with Gasteiger partial charge in [-0.05, 0) is 21.9 Å². The Kier molecular flexibility index (Phi) is 8.68. The van der Waals surface area contributed by atoms with Crippen LogP contribution in [0.1, 0.15) is 36.8 Å². The molecule has 0 saturated carbocycles. The van der Waals surface area contributed by atoms with Crippen LogP contribution in [0.15, 0.2) is 60.7 Å². The highest BCUT2D eigenvalue weighted by atomic mass is 35.5. The molecule has 11 heteroatoms. The first kappa shape index (κ1) is 30.8. The molecule has 2 aliphatic rings. The van der Waals surface area contributed by atoms with Gasteiger partial charge in [0.25, 0.3) is 0 Å². The van der Waals surface area contributed by atoms with Gasteiger partial charge in [0.1, 0.15) is 11.5 Å². The first-order valence-electron chi connectivity index (χ1n) is 14.6. The van der Waals surface area contributed by atoms with Crippen LogP contribution in [-0.4, -0.2) is 61.7 Å². The lowest BCUT2D eigenvalue weighted by Crippen LogP contribution is -2.43. The monoisotopic (exact) mass is 647 g/mol. The van der Waals surface area contributed by atoms with Crippen LogP contribution < -0.4 is 24.6 Å². The van der Waals surface area contributed by atoms with Crippen molar-refractivity contribution in [3.8, 4) is 11.5 Å². The smallest absolute Gasteiger partial charge is 0.308 e.